The van der Waals surface area contributed by atoms with Crippen LogP contribution in [0.1, 0.15) is 34.8 Å². The molecule has 1 aromatic carbocycles. The molecule has 1 aromatic rings. The smallest absolute Gasteiger partial charge is 0.255 e. The summed E-state index contributed by atoms with van der Waals surface area (Å²) in [6.45, 7) is 2.22. The molecular weight excluding hydrogens is 515 g/mol. The molecule has 5 rings (SSSR count). The Morgan fingerprint density at radius 3 is 2.44 bits per heavy atom. The van der Waals surface area contributed by atoms with Crippen molar-refractivity contribution in [3.63, 3.8) is 0 Å². The van der Waals surface area contributed by atoms with E-state index in [1.54, 1.807) is 6.92 Å². The highest BCUT2D eigenvalue weighted by Gasteiger charge is 2.63. The van der Waals surface area contributed by atoms with E-state index in [1.807, 2.05) is 0 Å². The van der Waals surface area contributed by atoms with Crippen LogP contribution in [0, 0.1) is 17.7 Å². The van der Waals surface area contributed by atoms with Crippen molar-refractivity contribution < 1.29 is 44.0 Å². The summed E-state index contributed by atoms with van der Waals surface area (Å²) in [4.78, 5) is 53.0. The van der Waals surface area contributed by atoms with E-state index in [-0.39, 0.29) is 36.1 Å². The van der Waals surface area contributed by atoms with E-state index in [1.165, 1.54) is 19.0 Å². The van der Waals surface area contributed by atoms with Crippen LogP contribution in [0.3, 0.4) is 0 Å². The number of aliphatic hydroxyl groups is 3. The molecule has 5 atom stereocenters. The van der Waals surface area contributed by atoms with Crippen LogP contribution in [0.5, 0.6) is 5.75 Å². The number of allylic oxidation sites excluding steroid dienone is 1. The van der Waals surface area contributed by atoms with Gasteiger partial charge in [0.05, 0.1) is 23.3 Å². The van der Waals surface area contributed by atoms with E-state index >= 15 is 4.39 Å². The fourth-order valence-electron chi connectivity index (χ4n) is 6.64. The first-order chi connectivity index (χ1) is 18.3. The first-order valence-corrected chi connectivity index (χ1v) is 12.5. The van der Waals surface area contributed by atoms with Gasteiger partial charge in [-0.2, -0.15) is 0 Å². The Bertz CT molecular complexity index is 1430. The number of fused-ring (bicyclic) bond motifs is 4. The highest BCUT2D eigenvalue weighted by atomic mass is 19.1. The predicted octanol–water partition coefficient (Wildman–Crippen LogP) is -0.268. The van der Waals surface area contributed by atoms with E-state index in [0.717, 1.165) is 0 Å². The number of anilines is 1. The van der Waals surface area contributed by atoms with Crippen LogP contribution in [0.4, 0.5) is 10.1 Å². The molecule has 0 radical (unpaired) electrons. The third kappa shape index (κ3) is 3.46. The van der Waals surface area contributed by atoms with Gasteiger partial charge in [-0.3, -0.25) is 24.1 Å². The monoisotopic (exact) mass is 544 g/mol. The molecule has 2 amide bonds. The Hall–Kier alpha value is -3.81. The number of amides is 2. The largest absolute Gasteiger partial charge is 0.510 e. The van der Waals surface area contributed by atoms with Crippen molar-refractivity contribution in [2.75, 3.05) is 26.0 Å². The Morgan fingerprint density at radius 1 is 1.18 bits per heavy atom. The summed E-state index contributed by atoms with van der Waals surface area (Å²) in [7, 11) is 3.04. The van der Waals surface area contributed by atoms with Crippen LogP contribution in [-0.4, -0.2) is 87.0 Å². The van der Waals surface area contributed by atoms with Crippen molar-refractivity contribution in [2.24, 2.45) is 17.6 Å². The lowest BCUT2D eigenvalue weighted by atomic mass is 9.58. The molecule has 1 aliphatic heterocycles. The molecule has 0 saturated heterocycles. The van der Waals surface area contributed by atoms with Gasteiger partial charge in [-0.05, 0) is 39.4 Å². The fourth-order valence-corrected chi connectivity index (χ4v) is 6.64. The average Bonchev–Trinajstić information content (AvgIpc) is 2.85. The number of carbonyl (C=O) groups excluding carboxylic acids is 4. The number of phenols is 1. The number of nitrogens with zero attached hydrogens (tertiary/aromatic N) is 1. The van der Waals surface area contributed by atoms with Crippen LogP contribution in [-0.2, 0) is 27.2 Å². The Morgan fingerprint density at radius 2 is 1.85 bits per heavy atom. The number of likely N-dealkylation sites (N-methyl/N-ethyl adjacent to an activating group) is 2. The quantitative estimate of drug-likeness (QED) is 0.195. The van der Waals surface area contributed by atoms with Gasteiger partial charge in [0.2, 0.25) is 11.7 Å². The zero-order valence-corrected chi connectivity index (χ0v) is 21.5. The third-order valence-electron chi connectivity index (χ3n) is 8.35. The molecule has 0 bridgehead atoms. The molecule has 13 heteroatoms. The summed E-state index contributed by atoms with van der Waals surface area (Å²) >= 11 is 0. The third-order valence-corrected chi connectivity index (χ3v) is 8.35. The van der Waals surface area contributed by atoms with E-state index in [9.17, 15) is 39.6 Å². The zero-order valence-electron chi connectivity index (χ0n) is 21.5. The van der Waals surface area contributed by atoms with Crippen molar-refractivity contribution in [3.8, 4) is 5.75 Å². The van der Waals surface area contributed by atoms with Crippen molar-refractivity contribution in [2.45, 2.75) is 43.9 Å². The highest BCUT2D eigenvalue weighted by molar-refractivity contribution is 6.25. The molecule has 39 heavy (non-hydrogen) atoms. The molecule has 12 nitrogen and oxygen atoms in total. The lowest BCUT2D eigenvalue weighted by Gasteiger charge is -2.50. The van der Waals surface area contributed by atoms with Gasteiger partial charge in [-0.25, -0.2) is 4.39 Å². The SMILES string of the molecule is CCNC1Cc2c(F)c3c(c(O)c2NC1=O)C(=O)C1=C(O)[C@]2(O)C(=O)C(C(N)=O)=C(O)[C@@H](N(C)C)[C@@H]2C[C@@H]1C3. The van der Waals surface area contributed by atoms with Crippen molar-refractivity contribution in [1.82, 2.24) is 10.2 Å². The number of ketones is 2. The van der Waals surface area contributed by atoms with Gasteiger partial charge in [0.1, 0.15) is 22.9 Å². The summed E-state index contributed by atoms with van der Waals surface area (Å²) in [6.07, 6.45) is -0.399. The second-order valence-electron chi connectivity index (χ2n) is 10.6. The number of nitrogens with two attached hydrogens (primary N) is 1. The van der Waals surface area contributed by atoms with Gasteiger partial charge in [-0.1, -0.05) is 6.92 Å². The molecule has 3 aliphatic carbocycles. The molecule has 0 spiro atoms. The van der Waals surface area contributed by atoms with E-state index < -0.39 is 92.7 Å². The average molecular weight is 545 g/mol. The molecule has 1 unspecified atom stereocenters. The number of hydrogen-bond donors (Lipinski definition) is 7. The van der Waals surface area contributed by atoms with Gasteiger partial charge in [0.25, 0.3) is 5.91 Å². The molecule has 208 valence electrons. The number of aliphatic hydroxyl groups excluding tert-OH is 2. The predicted molar refractivity (Wildman–Crippen MR) is 133 cm³/mol. The standard InChI is InChI=1S/C26H29FN4O8/c1-4-29-12-7-10-16(27)9-5-8-6-11-18(31(2)3)21(34)15(24(28)37)23(36)26(11,39)22(35)13(8)19(32)14(9)20(33)17(10)30-25(12)38/h8,11-12,18,29,33-35,39H,4-7H2,1-3H3,(H2,28,37)(H,30,38)/t8-,11-,12?,18-,26-/m0/s1. The summed E-state index contributed by atoms with van der Waals surface area (Å²) in [5.41, 5.74) is 0.372. The number of halogens is 1. The fraction of sp³-hybridized carbons (Fsp3) is 0.462. The normalized spacial score (nSPS) is 30.1. The first kappa shape index (κ1) is 26.8. The summed E-state index contributed by atoms with van der Waals surface area (Å²) in [5, 5.41) is 50.1. The maximum Gasteiger partial charge on any atom is 0.255 e. The minimum absolute atomic E-state index is 0.0271. The molecule has 0 fully saturated rings. The molecule has 0 aromatic heterocycles. The van der Waals surface area contributed by atoms with E-state index in [4.69, 9.17) is 5.73 Å². The number of aromatic hydroxyl groups is 1. The van der Waals surface area contributed by atoms with Gasteiger partial charge in [0.15, 0.2) is 17.1 Å². The lowest BCUT2D eigenvalue weighted by molar-refractivity contribution is -0.148. The van der Waals surface area contributed by atoms with Crippen LogP contribution >= 0.6 is 0 Å². The maximum absolute atomic E-state index is 15.9. The lowest BCUT2D eigenvalue weighted by Crippen LogP contribution is -2.63. The van der Waals surface area contributed by atoms with Gasteiger partial charge in [0, 0.05) is 29.0 Å². The van der Waals surface area contributed by atoms with Crippen LogP contribution in [0.15, 0.2) is 22.7 Å². The number of hydrogen-bond acceptors (Lipinski definition) is 10. The summed E-state index contributed by atoms with van der Waals surface area (Å²) in [6, 6.07) is -1.89. The molecule has 4 aliphatic rings. The van der Waals surface area contributed by atoms with Crippen LogP contribution in [0.2, 0.25) is 0 Å². The Balaban J connectivity index is 1.70. The zero-order chi connectivity index (χ0) is 28.7. The van der Waals surface area contributed by atoms with E-state index in [0.29, 0.717) is 6.54 Å². The summed E-state index contributed by atoms with van der Waals surface area (Å²) < 4.78 is 15.9. The van der Waals surface area contributed by atoms with E-state index in [2.05, 4.69) is 10.6 Å². The highest BCUT2D eigenvalue weighted by Crippen LogP contribution is 2.53. The number of carbonyl (C=O) groups is 4. The number of primary amides is 1. The minimum atomic E-state index is -2.79. The number of phenolic OH excluding ortho intramolecular Hbond substituents is 1. The first-order valence-electron chi connectivity index (χ1n) is 12.5. The summed E-state index contributed by atoms with van der Waals surface area (Å²) in [5.74, 6) is -9.54. The molecule has 8 N–H and O–H groups in total. The minimum Gasteiger partial charge on any atom is -0.510 e. The number of Topliss-reactive ketones (excluding diaryl/α,β-unsaturated/α-hetero) is 2. The number of rotatable bonds is 4. The molecule has 0 saturated carbocycles. The Kier molecular flexibility index (Phi) is 6.09. The number of nitrogens with one attached hydrogen (secondary N) is 2. The van der Waals surface area contributed by atoms with Crippen LogP contribution < -0.4 is 16.4 Å². The second-order valence-corrected chi connectivity index (χ2v) is 10.6. The second kappa shape index (κ2) is 8.86. The van der Waals surface area contributed by atoms with Gasteiger partial charge < -0.3 is 36.8 Å². The number of benzene rings is 1. The topological polar surface area (TPSA) is 203 Å². The van der Waals surface area contributed by atoms with Crippen molar-refractivity contribution in [3.05, 3.63) is 45.2 Å². The van der Waals surface area contributed by atoms with Gasteiger partial charge in [-0.15, -0.1) is 0 Å². The molecular formula is C26H29FN4O8. The van der Waals surface area contributed by atoms with Crippen LogP contribution in [0.25, 0.3) is 0 Å². The van der Waals surface area contributed by atoms with Gasteiger partial charge >= 0.3 is 0 Å². The molecule has 1 heterocycles. The van der Waals surface area contributed by atoms with Crippen molar-refractivity contribution >= 4 is 29.1 Å². The van der Waals surface area contributed by atoms with Crippen molar-refractivity contribution in [1.29, 1.82) is 0 Å². The Labute approximate surface area is 222 Å². The maximum atomic E-state index is 15.9.